The normalized spacial score (nSPS) is 11.7. The number of carbonyl (C=O) groups is 1. The largest absolute Gasteiger partial charge is 0.497 e. The van der Waals surface area contributed by atoms with Gasteiger partial charge in [-0.05, 0) is 50.2 Å². The van der Waals surface area contributed by atoms with Crippen LogP contribution in [0, 0.1) is 0 Å². The number of halogens is 1. The molecule has 30 heavy (non-hydrogen) atoms. The molecule has 0 aliphatic rings. The zero-order chi connectivity index (χ0) is 21.5. The van der Waals surface area contributed by atoms with Gasteiger partial charge in [-0.2, -0.15) is 0 Å². The van der Waals surface area contributed by atoms with E-state index < -0.39 is 0 Å². The molecule has 1 N–H and O–H groups in total. The molecule has 0 aliphatic heterocycles. The molecule has 0 saturated carbocycles. The number of thioether (sulfide) groups is 1. The summed E-state index contributed by atoms with van der Waals surface area (Å²) in [5.74, 6) is 2.26. The second kappa shape index (κ2) is 10.5. The molecule has 0 fully saturated rings. The molecule has 3 aromatic rings. The Bertz CT molecular complexity index is 994. The second-order valence-corrected chi connectivity index (χ2v) is 8.23. The fourth-order valence-corrected chi connectivity index (χ4v) is 3.88. The maximum absolute atomic E-state index is 12.3. The highest BCUT2D eigenvalue weighted by Gasteiger charge is 2.19. The Hall–Kier alpha value is -2.52. The zero-order valence-electron chi connectivity index (χ0n) is 17.0. The Labute approximate surface area is 188 Å². The highest BCUT2D eigenvalue weighted by molar-refractivity contribution is 9.10. The Morgan fingerprint density at radius 2 is 1.97 bits per heavy atom. The third-order valence-electron chi connectivity index (χ3n) is 4.24. The van der Waals surface area contributed by atoms with Crippen LogP contribution in [0.1, 0.15) is 25.8 Å². The number of amides is 1. The lowest BCUT2D eigenvalue weighted by atomic mass is 10.3. The Balaban J connectivity index is 1.61. The molecule has 2 aromatic carbocycles. The maximum Gasteiger partial charge on any atom is 0.234 e. The third-order valence-corrected chi connectivity index (χ3v) is 5.73. The van der Waals surface area contributed by atoms with Crippen molar-refractivity contribution in [3.63, 3.8) is 0 Å². The standard InChI is InChI=1S/C21H23BrN4O3S/c1-4-26-20(14(2)29-17-10-8-15(22)9-11-17)24-25-21(26)30-13-19(27)23-16-6-5-7-18(12-16)28-3/h5-12,14H,4,13H2,1-3H3,(H,23,27). The molecule has 158 valence electrons. The highest BCUT2D eigenvalue weighted by Crippen LogP contribution is 2.26. The van der Waals surface area contributed by atoms with Crippen molar-refractivity contribution in [2.45, 2.75) is 31.7 Å². The van der Waals surface area contributed by atoms with Gasteiger partial charge in [0, 0.05) is 22.8 Å². The van der Waals surface area contributed by atoms with Gasteiger partial charge in [-0.15, -0.1) is 10.2 Å². The number of nitrogens with zero attached hydrogens (tertiary/aromatic N) is 3. The van der Waals surface area contributed by atoms with Crippen molar-refractivity contribution in [1.82, 2.24) is 14.8 Å². The summed E-state index contributed by atoms with van der Waals surface area (Å²) in [5.41, 5.74) is 0.689. The van der Waals surface area contributed by atoms with E-state index in [4.69, 9.17) is 9.47 Å². The number of nitrogens with one attached hydrogen (secondary N) is 1. The van der Waals surface area contributed by atoms with Crippen LogP contribution < -0.4 is 14.8 Å². The highest BCUT2D eigenvalue weighted by atomic mass is 79.9. The molecule has 0 radical (unpaired) electrons. The third kappa shape index (κ3) is 5.76. The summed E-state index contributed by atoms with van der Waals surface area (Å²) in [4.78, 5) is 12.3. The molecular formula is C21H23BrN4O3S. The molecule has 7 nitrogen and oxygen atoms in total. The first kappa shape index (κ1) is 22.2. The van der Waals surface area contributed by atoms with E-state index >= 15 is 0 Å². The zero-order valence-corrected chi connectivity index (χ0v) is 19.4. The number of rotatable bonds is 9. The van der Waals surface area contributed by atoms with Gasteiger partial charge in [0.2, 0.25) is 5.91 Å². The van der Waals surface area contributed by atoms with E-state index in [1.165, 1.54) is 11.8 Å². The van der Waals surface area contributed by atoms with E-state index in [0.29, 0.717) is 23.1 Å². The molecule has 0 spiro atoms. The molecule has 0 saturated heterocycles. The lowest BCUT2D eigenvalue weighted by molar-refractivity contribution is -0.113. The number of carbonyl (C=O) groups excluding carboxylic acids is 1. The van der Waals surface area contributed by atoms with Crippen molar-refractivity contribution in [2.75, 3.05) is 18.2 Å². The van der Waals surface area contributed by atoms with Crippen molar-refractivity contribution in [3.8, 4) is 11.5 Å². The van der Waals surface area contributed by atoms with E-state index in [2.05, 4.69) is 31.4 Å². The van der Waals surface area contributed by atoms with Crippen LogP contribution in [0.4, 0.5) is 5.69 Å². The molecule has 9 heteroatoms. The molecule has 1 heterocycles. The van der Waals surface area contributed by atoms with Crippen LogP contribution in [0.2, 0.25) is 0 Å². The van der Waals surface area contributed by atoms with E-state index in [-0.39, 0.29) is 17.8 Å². The van der Waals surface area contributed by atoms with Crippen molar-refractivity contribution < 1.29 is 14.3 Å². The summed E-state index contributed by atoms with van der Waals surface area (Å²) >= 11 is 4.76. The first-order valence-corrected chi connectivity index (χ1v) is 11.2. The molecule has 0 aliphatic carbocycles. The lowest BCUT2D eigenvalue weighted by Crippen LogP contribution is -2.15. The Kier molecular flexibility index (Phi) is 7.75. The van der Waals surface area contributed by atoms with Crippen LogP contribution in [0.5, 0.6) is 11.5 Å². The predicted octanol–water partition coefficient (Wildman–Crippen LogP) is 4.94. The quantitative estimate of drug-likeness (QED) is 0.428. The number of anilines is 1. The monoisotopic (exact) mass is 490 g/mol. The van der Waals surface area contributed by atoms with Crippen molar-refractivity contribution in [2.24, 2.45) is 0 Å². The fraction of sp³-hybridized carbons (Fsp3) is 0.286. The van der Waals surface area contributed by atoms with E-state index in [0.717, 1.165) is 16.0 Å². The SMILES string of the molecule is CCn1c(SCC(=O)Nc2cccc(OC)c2)nnc1C(C)Oc1ccc(Br)cc1. The number of methoxy groups -OCH3 is 1. The predicted molar refractivity (Wildman–Crippen MR) is 121 cm³/mol. The van der Waals surface area contributed by atoms with Gasteiger partial charge in [0.05, 0.1) is 12.9 Å². The van der Waals surface area contributed by atoms with Gasteiger partial charge in [0.15, 0.2) is 17.1 Å². The Morgan fingerprint density at radius 3 is 2.67 bits per heavy atom. The number of hydrogen-bond acceptors (Lipinski definition) is 6. The second-order valence-electron chi connectivity index (χ2n) is 6.37. The average molecular weight is 491 g/mol. The van der Waals surface area contributed by atoms with Gasteiger partial charge < -0.3 is 19.4 Å². The van der Waals surface area contributed by atoms with Gasteiger partial charge >= 0.3 is 0 Å². The topological polar surface area (TPSA) is 78.3 Å². The molecule has 1 amide bonds. The molecule has 0 bridgehead atoms. The maximum atomic E-state index is 12.3. The first-order valence-electron chi connectivity index (χ1n) is 9.42. The molecule has 3 rings (SSSR count). The Morgan fingerprint density at radius 1 is 1.20 bits per heavy atom. The summed E-state index contributed by atoms with van der Waals surface area (Å²) in [6.07, 6.45) is -0.279. The lowest BCUT2D eigenvalue weighted by Gasteiger charge is -2.15. The van der Waals surface area contributed by atoms with Crippen LogP contribution in [-0.4, -0.2) is 33.5 Å². The molecule has 1 unspecified atom stereocenters. The summed E-state index contributed by atoms with van der Waals surface area (Å²) < 4.78 is 14.1. The minimum Gasteiger partial charge on any atom is -0.497 e. The first-order chi connectivity index (χ1) is 14.5. The fourth-order valence-electron chi connectivity index (χ4n) is 2.80. The molecular weight excluding hydrogens is 468 g/mol. The van der Waals surface area contributed by atoms with Gasteiger partial charge in [-0.3, -0.25) is 4.79 Å². The minimum absolute atomic E-state index is 0.125. The van der Waals surface area contributed by atoms with E-state index in [1.807, 2.05) is 60.9 Å². The van der Waals surface area contributed by atoms with Crippen LogP contribution >= 0.6 is 27.7 Å². The van der Waals surface area contributed by atoms with E-state index in [1.54, 1.807) is 13.2 Å². The smallest absolute Gasteiger partial charge is 0.234 e. The molecule has 1 atom stereocenters. The van der Waals surface area contributed by atoms with Crippen molar-refractivity contribution in [3.05, 3.63) is 58.8 Å². The van der Waals surface area contributed by atoms with Crippen LogP contribution in [0.25, 0.3) is 0 Å². The summed E-state index contributed by atoms with van der Waals surface area (Å²) in [6.45, 7) is 4.62. The van der Waals surface area contributed by atoms with Crippen molar-refractivity contribution in [1.29, 1.82) is 0 Å². The number of aromatic nitrogens is 3. The summed E-state index contributed by atoms with van der Waals surface area (Å²) in [5, 5.41) is 12.1. The van der Waals surface area contributed by atoms with Gasteiger partial charge in [0.25, 0.3) is 0 Å². The minimum atomic E-state index is -0.279. The summed E-state index contributed by atoms with van der Waals surface area (Å²) in [6, 6.07) is 14.9. The van der Waals surface area contributed by atoms with Gasteiger partial charge in [0.1, 0.15) is 11.5 Å². The number of benzene rings is 2. The van der Waals surface area contributed by atoms with Crippen LogP contribution in [-0.2, 0) is 11.3 Å². The van der Waals surface area contributed by atoms with Crippen LogP contribution in [0.3, 0.4) is 0 Å². The van der Waals surface area contributed by atoms with Gasteiger partial charge in [-0.1, -0.05) is 33.8 Å². The van der Waals surface area contributed by atoms with Gasteiger partial charge in [-0.25, -0.2) is 0 Å². The molecule has 1 aromatic heterocycles. The average Bonchev–Trinajstić information content (AvgIpc) is 3.17. The summed E-state index contributed by atoms with van der Waals surface area (Å²) in [7, 11) is 1.59. The van der Waals surface area contributed by atoms with Crippen LogP contribution in [0.15, 0.2) is 58.2 Å². The van der Waals surface area contributed by atoms with Crippen molar-refractivity contribution >= 4 is 39.3 Å². The number of hydrogen-bond donors (Lipinski definition) is 1. The number of ether oxygens (including phenoxy) is 2. The van der Waals surface area contributed by atoms with E-state index in [9.17, 15) is 4.79 Å².